The first kappa shape index (κ1) is 18.6. The molecule has 1 amide bonds. The first-order chi connectivity index (χ1) is 10.2. The number of hydrogen-bond donors (Lipinski definition) is 2. The van der Waals surface area contributed by atoms with Gasteiger partial charge in [-0.05, 0) is 45.4 Å². The molecule has 0 aliphatic carbocycles. The van der Waals surface area contributed by atoms with E-state index in [2.05, 4.69) is 10.6 Å². The van der Waals surface area contributed by atoms with Crippen LogP contribution < -0.4 is 15.4 Å². The number of carbonyl (C=O) groups is 1. The standard InChI is InChI=1S/C16H25ClN2O3/c1-11(9-19-15(20)22-16(2,3)4)18-10-12-6-7-14(21-5)13(17)8-12/h6-8,11,18H,9-10H2,1-5H3,(H,19,20). The quantitative estimate of drug-likeness (QED) is 0.840. The van der Waals surface area contributed by atoms with Gasteiger partial charge in [-0.1, -0.05) is 17.7 Å². The summed E-state index contributed by atoms with van der Waals surface area (Å²) in [5.74, 6) is 0.657. The van der Waals surface area contributed by atoms with E-state index >= 15 is 0 Å². The summed E-state index contributed by atoms with van der Waals surface area (Å²) in [7, 11) is 1.59. The second-order valence-corrected chi connectivity index (χ2v) is 6.54. The summed E-state index contributed by atoms with van der Waals surface area (Å²) in [6.45, 7) is 8.63. The Hall–Kier alpha value is -1.46. The zero-order valence-electron chi connectivity index (χ0n) is 13.8. The molecular formula is C16H25ClN2O3. The minimum atomic E-state index is -0.486. The lowest BCUT2D eigenvalue weighted by Gasteiger charge is -2.21. The van der Waals surface area contributed by atoms with Crippen LogP contribution in [-0.4, -0.2) is 31.4 Å². The molecule has 0 aliphatic rings. The monoisotopic (exact) mass is 328 g/mol. The Labute approximate surface area is 137 Å². The molecule has 5 nitrogen and oxygen atoms in total. The molecular weight excluding hydrogens is 304 g/mol. The maximum Gasteiger partial charge on any atom is 0.407 e. The Morgan fingerprint density at radius 2 is 2.05 bits per heavy atom. The molecule has 0 bridgehead atoms. The van der Waals surface area contributed by atoms with Crippen molar-refractivity contribution in [2.75, 3.05) is 13.7 Å². The van der Waals surface area contributed by atoms with Crippen LogP contribution in [0.1, 0.15) is 33.3 Å². The molecule has 6 heteroatoms. The highest BCUT2D eigenvalue weighted by atomic mass is 35.5. The van der Waals surface area contributed by atoms with Crippen LogP contribution in [0.4, 0.5) is 4.79 Å². The van der Waals surface area contributed by atoms with E-state index in [9.17, 15) is 4.79 Å². The molecule has 0 heterocycles. The number of carbonyl (C=O) groups excluding carboxylic acids is 1. The van der Waals surface area contributed by atoms with Gasteiger partial charge in [0.1, 0.15) is 11.4 Å². The van der Waals surface area contributed by atoms with Crippen molar-refractivity contribution in [2.45, 2.75) is 45.9 Å². The van der Waals surface area contributed by atoms with E-state index in [0.29, 0.717) is 23.9 Å². The number of halogens is 1. The van der Waals surface area contributed by atoms with Crippen LogP contribution in [0.2, 0.25) is 5.02 Å². The van der Waals surface area contributed by atoms with Crippen LogP contribution >= 0.6 is 11.6 Å². The maximum atomic E-state index is 11.6. The third-order valence-electron chi connectivity index (χ3n) is 2.82. The van der Waals surface area contributed by atoms with Crippen molar-refractivity contribution in [1.29, 1.82) is 0 Å². The van der Waals surface area contributed by atoms with Crippen molar-refractivity contribution in [3.63, 3.8) is 0 Å². The Kier molecular flexibility index (Phi) is 6.97. The number of hydrogen-bond acceptors (Lipinski definition) is 4. The molecule has 0 radical (unpaired) electrons. The van der Waals surface area contributed by atoms with Crippen molar-refractivity contribution >= 4 is 17.7 Å². The van der Waals surface area contributed by atoms with Crippen LogP contribution in [0.25, 0.3) is 0 Å². The Morgan fingerprint density at radius 3 is 2.59 bits per heavy atom. The molecule has 0 aromatic heterocycles. The third kappa shape index (κ3) is 7.00. The molecule has 0 aliphatic heterocycles. The molecule has 22 heavy (non-hydrogen) atoms. The highest BCUT2D eigenvalue weighted by Crippen LogP contribution is 2.24. The highest BCUT2D eigenvalue weighted by molar-refractivity contribution is 6.32. The average Bonchev–Trinajstić information content (AvgIpc) is 2.41. The summed E-state index contributed by atoms with van der Waals surface area (Å²) >= 11 is 6.08. The zero-order chi connectivity index (χ0) is 16.8. The minimum Gasteiger partial charge on any atom is -0.495 e. The minimum absolute atomic E-state index is 0.105. The average molecular weight is 329 g/mol. The van der Waals surface area contributed by atoms with E-state index < -0.39 is 11.7 Å². The fraction of sp³-hybridized carbons (Fsp3) is 0.562. The number of nitrogens with one attached hydrogen (secondary N) is 2. The van der Waals surface area contributed by atoms with E-state index in [0.717, 1.165) is 5.56 Å². The number of ether oxygens (including phenoxy) is 2. The van der Waals surface area contributed by atoms with Crippen LogP contribution in [0.15, 0.2) is 18.2 Å². The van der Waals surface area contributed by atoms with E-state index in [1.807, 2.05) is 45.9 Å². The predicted octanol–water partition coefficient (Wildman–Crippen LogP) is 3.35. The smallest absolute Gasteiger partial charge is 0.407 e. The second kappa shape index (κ2) is 8.25. The lowest BCUT2D eigenvalue weighted by atomic mass is 10.2. The van der Waals surface area contributed by atoms with Gasteiger partial charge < -0.3 is 20.1 Å². The largest absolute Gasteiger partial charge is 0.495 e. The SMILES string of the molecule is COc1ccc(CNC(C)CNC(=O)OC(C)(C)C)cc1Cl. The number of amides is 1. The van der Waals surface area contributed by atoms with E-state index in [1.165, 1.54) is 0 Å². The molecule has 0 fully saturated rings. The normalized spacial score (nSPS) is 12.6. The molecule has 1 atom stereocenters. The van der Waals surface area contributed by atoms with Crippen molar-refractivity contribution in [3.05, 3.63) is 28.8 Å². The van der Waals surface area contributed by atoms with E-state index in [1.54, 1.807) is 7.11 Å². The number of rotatable bonds is 6. The van der Waals surface area contributed by atoms with E-state index in [-0.39, 0.29) is 6.04 Å². The lowest BCUT2D eigenvalue weighted by Crippen LogP contribution is -2.40. The van der Waals surface area contributed by atoms with Gasteiger partial charge in [0, 0.05) is 19.1 Å². The first-order valence-electron chi connectivity index (χ1n) is 7.24. The topological polar surface area (TPSA) is 59.6 Å². The molecule has 1 aromatic carbocycles. The number of methoxy groups -OCH3 is 1. The van der Waals surface area contributed by atoms with Gasteiger partial charge in [-0.2, -0.15) is 0 Å². The molecule has 1 unspecified atom stereocenters. The fourth-order valence-electron chi connectivity index (χ4n) is 1.73. The van der Waals surface area contributed by atoms with Gasteiger partial charge in [0.05, 0.1) is 12.1 Å². The maximum absolute atomic E-state index is 11.6. The summed E-state index contributed by atoms with van der Waals surface area (Å²) < 4.78 is 10.3. The molecule has 1 aromatic rings. The molecule has 0 spiro atoms. The first-order valence-corrected chi connectivity index (χ1v) is 7.61. The number of benzene rings is 1. The summed E-state index contributed by atoms with van der Waals surface area (Å²) in [6.07, 6.45) is -0.409. The summed E-state index contributed by atoms with van der Waals surface area (Å²) in [6, 6.07) is 5.75. The Balaban J connectivity index is 2.35. The molecule has 1 rings (SSSR count). The summed E-state index contributed by atoms with van der Waals surface area (Å²) in [5.41, 5.74) is 0.565. The summed E-state index contributed by atoms with van der Waals surface area (Å²) in [4.78, 5) is 11.6. The van der Waals surface area contributed by atoms with Crippen LogP contribution in [0.5, 0.6) is 5.75 Å². The lowest BCUT2D eigenvalue weighted by molar-refractivity contribution is 0.0523. The van der Waals surface area contributed by atoms with Gasteiger partial charge in [0.15, 0.2) is 0 Å². The van der Waals surface area contributed by atoms with Crippen molar-refractivity contribution in [3.8, 4) is 5.75 Å². The summed E-state index contributed by atoms with van der Waals surface area (Å²) in [5, 5.41) is 6.63. The zero-order valence-corrected chi connectivity index (χ0v) is 14.6. The Bertz CT molecular complexity index is 501. The van der Waals surface area contributed by atoms with Crippen LogP contribution in [0.3, 0.4) is 0 Å². The molecule has 124 valence electrons. The van der Waals surface area contributed by atoms with Crippen LogP contribution in [0, 0.1) is 0 Å². The number of alkyl carbamates (subject to hydrolysis) is 1. The van der Waals surface area contributed by atoms with Gasteiger partial charge in [-0.25, -0.2) is 4.79 Å². The van der Waals surface area contributed by atoms with E-state index in [4.69, 9.17) is 21.1 Å². The van der Waals surface area contributed by atoms with Gasteiger partial charge in [-0.15, -0.1) is 0 Å². The second-order valence-electron chi connectivity index (χ2n) is 6.13. The van der Waals surface area contributed by atoms with Crippen molar-refractivity contribution in [2.24, 2.45) is 0 Å². The van der Waals surface area contributed by atoms with Crippen molar-refractivity contribution in [1.82, 2.24) is 10.6 Å². The molecule has 2 N–H and O–H groups in total. The Morgan fingerprint density at radius 1 is 1.36 bits per heavy atom. The molecule has 0 saturated carbocycles. The van der Waals surface area contributed by atoms with Gasteiger partial charge in [0.25, 0.3) is 0 Å². The van der Waals surface area contributed by atoms with Gasteiger partial charge in [0.2, 0.25) is 0 Å². The van der Waals surface area contributed by atoms with Gasteiger partial charge in [-0.3, -0.25) is 0 Å². The molecule has 0 saturated heterocycles. The highest BCUT2D eigenvalue weighted by Gasteiger charge is 2.16. The van der Waals surface area contributed by atoms with Crippen molar-refractivity contribution < 1.29 is 14.3 Å². The van der Waals surface area contributed by atoms with Gasteiger partial charge >= 0.3 is 6.09 Å². The predicted molar refractivity (Wildman–Crippen MR) is 88.5 cm³/mol. The third-order valence-corrected chi connectivity index (χ3v) is 3.12. The van der Waals surface area contributed by atoms with Crippen LogP contribution in [-0.2, 0) is 11.3 Å². The fourth-order valence-corrected chi connectivity index (χ4v) is 2.01.